The van der Waals surface area contributed by atoms with E-state index in [1.165, 1.54) is 0 Å². The first kappa shape index (κ1) is 17.1. The van der Waals surface area contributed by atoms with Crippen molar-refractivity contribution in [2.24, 2.45) is 5.92 Å². The van der Waals surface area contributed by atoms with E-state index in [4.69, 9.17) is 5.11 Å². The van der Waals surface area contributed by atoms with E-state index < -0.39 is 10.0 Å². The van der Waals surface area contributed by atoms with Crippen molar-refractivity contribution >= 4 is 10.0 Å². The van der Waals surface area contributed by atoms with E-state index in [0.717, 1.165) is 24.0 Å². The van der Waals surface area contributed by atoms with Gasteiger partial charge in [0.05, 0.1) is 12.4 Å². The minimum Gasteiger partial charge on any atom is -0.392 e. The quantitative estimate of drug-likeness (QED) is 0.774. The van der Waals surface area contributed by atoms with Crippen LogP contribution in [0.2, 0.25) is 0 Å². The van der Waals surface area contributed by atoms with E-state index in [9.17, 15) is 8.42 Å². The summed E-state index contributed by atoms with van der Waals surface area (Å²) < 4.78 is 26.8. The third kappa shape index (κ3) is 6.50. The molecular formula is C15H25NO3S. The van der Waals surface area contributed by atoms with Gasteiger partial charge < -0.3 is 5.11 Å². The standard InChI is InChI=1S/C15H25NO3S/c1-12(2)4-5-13(3)16-20(18,19)11-15-8-6-14(10-17)7-9-15/h6-9,12-13,16-17H,4-5,10-11H2,1-3H3. The van der Waals surface area contributed by atoms with Gasteiger partial charge in [-0.25, -0.2) is 13.1 Å². The zero-order valence-corrected chi connectivity index (χ0v) is 13.3. The summed E-state index contributed by atoms with van der Waals surface area (Å²) in [5.74, 6) is 0.554. The van der Waals surface area contributed by atoms with Crippen LogP contribution in [-0.4, -0.2) is 19.6 Å². The maximum absolute atomic E-state index is 12.0. The molecule has 0 radical (unpaired) electrons. The Hall–Kier alpha value is -0.910. The van der Waals surface area contributed by atoms with Crippen molar-refractivity contribution < 1.29 is 13.5 Å². The molecule has 1 aromatic carbocycles. The number of hydrogen-bond acceptors (Lipinski definition) is 3. The number of aliphatic hydroxyl groups is 1. The van der Waals surface area contributed by atoms with Crippen LogP contribution in [0.5, 0.6) is 0 Å². The van der Waals surface area contributed by atoms with Crippen molar-refractivity contribution in [3.63, 3.8) is 0 Å². The minimum atomic E-state index is -3.31. The van der Waals surface area contributed by atoms with Gasteiger partial charge in [0.25, 0.3) is 0 Å². The van der Waals surface area contributed by atoms with Gasteiger partial charge in [-0.05, 0) is 36.8 Å². The second-order valence-corrected chi connectivity index (χ2v) is 7.48. The number of sulfonamides is 1. The lowest BCUT2D eigenvalue weighted by Gasteiger charge is -2.15. The topological polar surface area (TPSA) is 66.4 Å². The van der Waals surface area contributed by atoms with Gasteiger partial charge in [0.1, 0.15) is 0 Å². The highest BCUT2D eigenvalue weighted by Crippen LogP contribution is 2.11. The largest absolute Gasteiger partial charge is 0.392 e. The Morgan fingerprint density at radius 2 is 1.60 bits per heavy atom. The van der Waals surface area contributed by atoms with Crippen molar-refractivity contribution in [3.8, 4) is 0 Å². The molecule has 5 heteroatoms. The first-order valence-electron chi connectivity index (χ1n) is 7.01. The zero-order chi connectivity index (χ0) is 15.2. The first-order valence-corrected chi connectivity index (χ1v) is 8.66. The molecule has 0 bridgehead atoms. The van der Waals surface area contributed by atoms with Crippen LogP contribution in [-0.2, 0) is 22.4 Å². The summed E-state index contributed by atoms with van der Waals surface area (Å²) in [6, 6.07) is 6.92. The Kier molecular flexibility index (Phi) is 6.65. The van der Waals surface area contributed by atoms with Crippen LogP contribution in [0.25, 0.3) is 0 Å². The van der Waals surface area contributed by atoms with Crippen LogP contribution in [0.15, 0.2) is 24.3 Å². The van der Waals surface area contributed by atoms with E-state index in [0.29, 0.717) is 5.92 Å². The maximum atomic E-state index is 12.0. The molecule has 114 valence electrons. The van der Waals surface area contributed by atoms with Crippen molar-refractivity contribution in [1.29, 1.82) is 0 Å². The van der Waals surface area contributed by atoms with Crippen molar-refractivity contribution in [2.75, 3.05) is 0 Å². The van der Waals surface area contributed by atoms with Gasteiger partial charge >= 0.3 is 0 Å². The molecule has 0 saturated heterocycles. The van der Waals surface area contributed by atoms with Crippen LogP contribution in [0, 0.1) is 5.92 Å². The fourth-order valence-corrected chi connectivity index (χ4v) is 3.40. The molecular weight excluding hydrogens is 274 g/mol. The highest BCUT2D eigenvalue weighted by Gasteiger charge is 2.15. The molecule has 0 fully saturated rings. The van der Waals surface area contributed by atoms with Crippen LogP contribution in [0.3, 0.4) is 0 Å². The van der Waals surface area contributed by atoms with Crippen molar-refractivity contribution in [3.05, 3.63) is 35.4 Å². The number of hydrogen-bond donors (Lipinski definition) is 2. The summed E-state index contributed by atoms with van der Waals surface area (Å²) in [4.78, 5) is 0. The Morgan fingerprint density at radius 3 is 2.10 bits per heavy atom. The summed E-state index contributed by atoms with van der Waals surface area (Å²) in [5, 5.41) is 8.95. The van der Waals surface area contributed by atoms with Crippen LogP contribution in [0.4, 0.5) is 0 Å². The molecule has 1 atom stereocenters. The number of aliphatic hydroxyl groups excluding tert-OH is 1. The minimum absolute atomic E-state index is 0.0231. The van der Waals surface area contributed by atoms with Gasteiger partial charge in [-0.1, -0.05) is 38.1 Å². The third-order valence-corrected chi connectivity index (χ3v) is 4.59. The molecule has 1 rings (SSSR count). The summed E-state index contributed by atoms with van der Waals surface area (Å²) in [6.45, 7) is 6.13. The molecule has 4 nitrogen and oxygen atoms in total. The van der Waals surface area contributed by atoms with Gasteiger partial charge in [0.2, 0.25) is 10.0 Å². The predicted molar refractivity (Wildman–Crippen MR) is 81.7 cm³/mol. The summed E-state index contributed by atoms with van der Waals surface area (Å²) in [6.07, 6.45) is 1.86. The van der Waals surface area contributed by atoms with Gasteiger partial charge in [0.15, 0.2) is 0 Å². The Morgan fingerprint density at radius 1 is 1.05 bits per heavy atom. The second-order valence-electron chi connectivity index (χ2n) is 5.72. The molecule has 20 heavy (non-hydrogen) atoms. The SMILES string of the molecule is CC(C)CCC(C)NS(=O)(=O)Cc1ccc(CO)cc1. The van der Waals surface area contributed by atoms with E-state index in [1.807, 2.05) is 6.92 Å². The number of benzene rings is 1. The smallest absolute Gasteiger partial charge is 0.216 e. The van der Waals surface area contributed by atoms with Gasteiger partial charge in [-0.15, -0.1) is 0 Å². The van der Waals surface area contributed by atoms with Crippen molar-refractivity contribution in [2.45, 2.75) is 52.0 Å². The molecule has 0 saturated carbocycles. The Balaban J connectivity index is 2.55. The lowest BCUT2D eigenvalue weighted by atomic mass is 10.1. The Bertz CT molecular complexity index is 494. The Labute approximate surface area is 122 Å². The summed E-state index contributed by atoms with van der Waals surface area (Å²) in [7, 11) is -3.31. The summed E-state index contributed by atoms with van der Waals surface area (Å²) >= 11 is 0. The molecule has 2 N–H and O–H groups in total. The van der Waals surface area contributed by atoms with Crippen molar-refractivity contribution in [1.82, 2.24) is 4.72 Å². The van der Waals surface area contributed by atoms with E-state index in [-0.39, 0.29) is 18.4 Å². The molecule has 0 aliphatic carbocycles. The van der Waals surface area contributed by atoms with E-state index >= 15 is 0 Å². The average molecular weight is 299 g/mol. The maximum Gasteiger partial charge on any atom is 0.216 e. The average Bonchev–Trinajstić information content (AvgIpc) is 2.36. The summed E-state index contributed by atoms with van der Waals surface area (Å²) in [5.41, 5.74) is 1.51. The van der Waals surface area contributed by atoms with Crippen LogP contribution >= 0.6 is 0 Å². The van der Waals surface area contributed by atoms with E-state index in [1.54, 1.807) is 24.3 Å². The third-order valence-electron chi connectivity index (χ3n) is 3.12. The molecule has 1 aromatic rings. The molecule has 0 heterocycles. The second kappa shape index (κ2) is 7.76. The number of nitrogens with one attached hydrogen (secondary N) is 1. The molecule has 0 aliphatic rings. The molecule has 0 aliphatic heterocycles. The lowest BCUT2D eigenvalue weighted by molar-refractivity contribution is 0.282. The van der Waals surface area contributed by atoms with Crippen LogP contribution in [0.1, 0.15) is 44.7 Å². The zero-order valence-electron chi connectivity index (χ0n) is 12.5. The van der Waals surface area contributed by atoms with Gasteiger partial charge in [-0.2, -0.15) is 0 Å². The molecule has 0 spiro atoms. The van der Waals surface area contributed by atoms with Gasteiger partial charge in [0, 0.05) is 6.04 Å². The highest BCUT2D eigenvalue weighted by atomic mass is 32.2. The first-order chi connectivity index (χ1) is 9.32. The highest BCUT2D eigenvalue weighted by molar-refractivity contribution is 7.88. The normalized spacial score (nSPS) is 13.7. The van der Waals surface area contributed by atoms with E-state index in [2.05, 4.69) is 18.6 Å². The molecule has 0 aromatic heterocycles. The van der Waals surface area contributed by atoms with Gasteiger partial charge in [-0.3, -0.25) is 0 Å². The van der Waals surface area contributed by atoms with Crippen LogP contribution < -0.4 is 4.72 Å². The fraction of sp³-hybridized carbons (Fsp3) is 0.600. The predicted octanol–water partition coefficient (Wildman–Crippen LogP) is 2.42. The fourth-order valence-electron chi connectivity index (χ4n) is 1.95. The monoisotopic (exact) mass is 299 g/mol. The number of rotatable bonds is 8. The molecule has 1 unspecified atom stereocenters. The molecule has 0 amide bonds. The lowest BCUT2D eigenvalue weighted by Crippen LogP contribution is -2.33.